The Balaban J connectivity index is 2.02. The quantitative estimate of drug-likeness (QED) is 0.568. The van der Waals surface area contributed by atoms with Gasteiger partial charge in [0.2, 0.25) is 0 Å². The first kappa shape index (κ1) is 12.9. The van der Waals surface area contributed by atoms with Gasteiger partial charge >= 0.3 is 0 Å². The predicted molar refractivity (Wildman–Crippen MR) is 75.0 cm³/mol. The fourth-order valence-electron chi connectivity index (χ4n) is 2.97. The molecule has 7 heteroatoms. The Morgan fingerprint density at radius 2 is 2.10 bits per heavy atom. The highest BCUT2D eigenvalue weighted by Gasteiger charge is 2.46. The molecule has 5 N–H and O–H groups in total. The summed E-state index contributed by atoms with van der Waals surface area (Å²) < 4.78 is 1.84. The molecule has 20 heavy (non-hydrogen) atoms. The first-order valence-electron chi connectivity index (χ1n) is 6.36. The van der Waals surface area contributed by atoms with Gasteiger partial charge in [0.15, 0.2) is 11.8 Å². The predicted octanol–water partition coefficient (Wildman–Crippen LogP) is -0.269. The zero-order valence-corrected chi connectivity index (χ0v) is 11.0. The van der Waals surface area contributed by atoms with Gasteiger partial charge in [-0.2, -0.15) is 4.99 Å². The molecule has 3 rings (SSSR count). The van der Waals surface area contributed by atoms with Crippen LogP contribution in [-0.4, -0.2) is 38.9 Å². The Morgan fingerprint density at radius 3 is 2.75 bits per heavy atom. The molecule has 0 radical (unpaired) electrons. The van der Waals surface area contributed by atoms with Gasteiger partial charge in [-0.25, -0.2) is 4.98 Å². The largest absolute Gasteiger partial charge is 0.396 e. The summed E-state index contributed by atoms with van der Waals surface area (Å²) in [6.45, 7) is 7.81. The van der Waals surface area contributed by atoms with Crippen LogP contribution in [0.5, 0.6) is 0 Å². The number of fused-ring (bicyclic) bond motifs is 1. The van der Waals surface area contributed by atoms with Crippen molar-refractivity contribution in [2.24, 2.45) is 22.6 Å². The van der Waals surface area contributed by atoms with E-state index in [0.29, 0.717) is 17.2 Å². The summed E-state index contributed by atoms with van der Waals surface area (Å²) in [6.07, 6.45) is 1.64. The molecule has 1 aromatic rings. The Bertz CT molecular complexity index is 618. The molecule has 2 aliphatic rings. The number of hydrogen-bond donors (Lipinski definition) is 4. The second-order valence-corrected chi connectivity index (χ2v) is 5.08. The minimum atomic E-state index is -0.129. The normalized spacial score (nSPS) is 28.5. The average molecular weight is 275 g/mol. The van der Waals surface area contributed by atoms with Crippen LogP contribution in [0.4, 0.5) is 5.82 Å². The zero-order valence-electron chi connectivity index (χ0n) is 11.0. The average Bonchev–Trinajstić information content (AvgIpc) is 2.80. The molecule has 7 nitrogen and oxygen atoms in total. The Labute approximate surface area is 116 Å². The fourth-order valence-corrected chi connectivity index (χ4v) is 2.97. The third-order valence-corrected chi connectivity index (χ3v) is 4.04. The third-order valence-electron chi connectivity index (χ3n) is 4.04. The molecular formula is C13H17N5O2. The van der Waals surface area contributed by atoms with Gasteiger partial charge in [-0.15, -0.1) is 0 Å². The SMILES string of the molecule is C=C1NC(N)=Nc2c1ncn2[C@@H]1C(=C)[C@H](CO)[C@H]1CO. The van der Waals surface area contributed by atoms with Crippen LogP contribution < -0.4 is 11.1 Å². The molecule has 106 valence electrons. The highest BCUT2D eigenvalue weighted by molar-refractivity contribution is 5.93. The molecule has 0 aromatic carbocycles. The van der Waals surface area contributed by atoms with Crippen LogP contribution >= 0.6 is 0 Å². The van der Waals surface area contributed by atoms with E-state index in [0.717, 1.165) is 5.57 Å². The second kappa shape index (κ2) is 4.46. The van der Waals surface area contributed by atoms with Crippen LogP contribution in [0.3, 0.4) is 0 Å². The molecule has 0 bridgehead atoms. The lowest BCUT2D eigenvalue weighted by molar-refractivity contribution is 0.0529. The van der Waals surface area contributed by atoms with E-state index in [1.54, 1.807) is 6.33 Å². The summed E-state index contributed by atoms with van der Waals surface area (Å²) in [7, 11) is 0. The molecule has 3 atom stereocenters. The van der Waals surface area contributed by atoms with E-state index >= 15 is 0 Å². The van der Waals surface area contributed by atoms with E-state index < -0.39 is 0 Å². The molecule has 1 fully saturated rings. The van der Waals surface area contributed by atoms with Gasteiger partial charge in [0.1, 0.15) is 5.69 Å². The van der Waals surface area contributed by atoms with Crippen molar-refractivity contribution in [3.63, 3.8) is 0 Å². The van der Waals surface area contributed by atoms with Gasteiger partial charge in [-0.05, 0) is 5.57 Å². The number of hydrogen-bond acceptors (Lipinski definition) is 6. The standard InChI is InChI=1S/C13H17N5O2/c1-6-8(3-19)9(4-20)11(6)18-5-15-10-7(2)16-13(14)17-12(10)18/h5,8-9,11,19-20H,1-4H2,(H3,14,16,17)/t8-,9+,11+/m0/s1. The molecule has 0 unspecified atom stereocenters. The van der Waals surface area contributed by atoms with Crippen molar-refractivity contribution in [2.75, 3.05) is 13.2 Å². The number of aliphatic hydroxyl groups excluding tert-OH is 2. The maximum absolute atomic E-state index is 9.51. The summed E-state index contributed by atoms with van der Waals surface area (Å²) in [4.78, 5) is 8.53. The second-order valence-electron chi connectivity index (χ2n) is 5.08. The minimum Gasteiger partial charge on any atom is -0.396 e. The maximum Gasteiger partial charge on any atom is 0.199 e. The van der Waals surface area contributed by atoms with Gasteiger partial charge in [0.25, 0.3) is 0 Å². The highest BCUT2D eigenvalue weighted by Crippen LogP contribution is 2.49. The van der Waals surface area contributed by atoms with Crippen LogP contribution in [0, 0.1) is 11.8 Å². The van der Waals surface area contributed by atoms with Gasteiger partial charge in [0, 0.05) is 18.4 Å². The number of rotatable bonds is 3. The van der Waals surface area contributed by atoms with Crippen molar-refractivity contribution in [1.29, 1.82) is 0 Å². The third kappa shape index (κ3) is 1.60. The molecule has 0 spiro atoms. The van der Waals surface area contributed by atoms with E-state index in [9.17, 15) is 10.2 Å². The van der Waals surface area contributed by atoms with Crippen LogP contribution in [0.2, 0.25) is 0 Å². The summed E-state index contributed by atoms with van der Waals surface area (Å²) in [6, 6.07) is -0.129. The molecule has 1 aliphatic carbocycles. The van der Waals surface area contributed by atoms with E-state index in [1.807, 2.05) is 4.57 Å². The lowest BCUT2D eigenvalue weighted by Gasteiger charge is -2.46. The number of nitrogens with one attached hydrogen (secondary N) is 1. The van der Waals surface area contributed by atoms with Crippen LogP contribution in [0.15, 0.2) is 30.1 Å². The Morgan fingerprint density at radius 1 is 1.35 bits per heavy atom. The molecule has 2 heterocycles. The molecule has 1 aromatic heterocycles. The molecule has 1 saturated carbocycles. The smallest absolute Gasteiger partial charge is 0.199 e. The van der Waals surface area contributed by atoms with Crippen molar-refractivity contribution in [2.45, 2.75) is 6.04 Å². The van der Waals surface area contributed by atoms with Gasteiger partial charge in [-0.1, -0.05) is 13.2 Å². The number of nitrogens with zero attached hydrogens (tertiary/aromatic N) is 3. The van der Waals surface area contributed by atoms with E-state index in [2.05, 4.69) is 28.5 Å². The summed E-state index contributed by atoms with van der Waals surface area (Å²) in [5, 5.41) is 21.7. The van der Waals surface area contributed by atoms with E-state index in [1.165, 1.54) is 0 Å². The van der Waals surface area contributed by atoms with Gasteiger partial charge < -0.3 is 25.8 Å². The van der Waals surface area contributed by atoms with Crippen molar-refractivity contribution in [3.8, 4) is 0 Å². The molecule has 1 aliphatic heterocycles. The topological polar surface area (TPSA) is 109 Å². The Kier molecular flexibility index (Phi) is 2.88. The molecular weight excluding hydrogens is 258 g/mol. The van der Waals surface area contributed by atoms with Crippen LogP contribution in [-0.2, 0) is 0 Å². The highest BCUT2D eigenvalue weighted by atomic mass is 16.3. The van der Waals surface area contributed by atoms with Crippen molar-refractivity contribution in [1.82, 2.24) is 14.9 Å². The van der Waals surface area contributed by atoms with E-state index in [4.69, 9.17) is 5.73 Å². The number of aliphatic hydroxyl groups is 2. The summed E-state index contributed by atoms with van der Waals surface area (Å²) >= 11 is 0. The van der Waals surface area contributed by atoms with E-state index in [-0.39, 0.29) is 37.1 Å². The molecule has 0 saturated heterocycles. The first-order chi connectivity index (χ1) is 9.58. The first-order valence-corrected chi connectivity index (χ1v) is 6.36. The number of nitrogens with two attached hydrogens (primary N) is 1. The van der Waals surface area contributed by atoms with Crippen LogP contribution in [0.1, 0.15) is 11.7 Å². The minimum absolute atomic E-state index is 0.0167. The van der Waals surface area contributed by atoms with Gasteiger partial charge in [-0.3, -0.25) is 0 Å². The number of imidazole rings is 1. The maximum atomic E-state index is 9.51. The lowest BCUT2D eigenvalue weighted by Crippen LogP contribution is -2.44. The van der Waals surface area contributed by atoms with Crippen molar-refractivity contribution in [3.05, 3.63) is 30.8 Å². The number of aliphatic imine (C=N–C) groups is 1. The number of guanidine groups is 1. The summed E-state index contributed by atoms with van der Waals surface area (Å²) in [5.74, 6) is 0.681. The molecule has 0 amide bonds. The number of aromatic nitrogens is 2. The monoisotopic (exact) mass is 275 g/mol. The lowest BCUT2D eigenvalue weighted by atomic mass is 9.66. The Hall–Kier alpha value is -2.12. The summed E-state index contributed by atoms with van der Waals surface area (Å²) in [5.41, 5.74) is 7.80. The zero-order chi connectivity index (χ0) is 14.4. The van der Waals surface area contributed by atoms with Crippen LogP contribution in [0.25, 0.3) is 5.70 Å². The van der Waals surface area contributed by atoms with Gasteiger partial charge in [0.05, 0.1) is 24.7 Å². The van der Waals surface area contributed by atoms with Crippen molar-refractivity contribution < 1.29 is 10.2 Å². The fraction of sp³-hybridized carbons (Fsp3) is 0.385. The van der Waals surface area contributed by atoms with Crippen molar-refractivity contribution >= 4 is 17.5 Å².